The predicted molar refractivity (Wildman–Crippen MR) is 63.9 cm³/mol. The molecule has 0 fully saturated rings. The lowest BCUT2D eigenvalue weighted by atomic mass is 10.3. The number of rotatable bonds is 4. The van der Waals surface area contributed by atoms with E-state index >= 15 is 0 Å². The second-order valence-electron chi connectivity index (χ2n) is 3.05. The van der Waals surface area contributed by atoms with Gasteiger partial charge in [-0.1, -0.05) is 11.2 Å². The van der Waals surface area contributed by atoms with Gasteiger partial charge in [0.2, 0.25) is 0 Å². The second kappa shape index (κ2) is 5.21. The molecule has 1 heterocycles. The Hall–Kier alpha value is -1.97. The maximum Gasteiger partial charge on any atom is 0.122 e. The normalized spacial score (nSPS) is 9.50. The van der Waals surface area contributed by atoms with Gasteiger partial charge < -0.3 is 4.74 Å². The lowest BCUT2D eigenvalue weighted by molar-refractivity contribution is 0.310. The van der Waals surface area contributed by atoms with Crippen molar-refractivity contribution in [3.8, 4) is 5.75 Å². The van der Waals surface area contributed by atoms with Crippen molar-refractivity contribution in [3.63, 3.8) is 0 Å². The summed E-state index contributed by atoms with van der Waals surface area (Å²) in [4.78, 5) is 3.89. The number of hydrogen-bond donors (Lipinski definition) is 0. The molecule has 80 valence electrons. The van der Waals surface area contributed by atoms with E-state index in [9.17, 15) is 0 Å². The van der Waals surface area contributed by atoms with Crippen LogP contribution in [0.1, 0.15) is 4.88 Å². The van der Waals surface area contributed by atoms with Crippen LogP contribution >= 0.6 is 11.3 Å². The molecule has 0 amide bonds. The van der Waals surface area contributed by atoms with E-state index in [1.54, 1.807) is 35.6 Å². The molecule has 0 aliphatic rings. The highest BCUT2D eigenvalue weighted by atomic mass is 32.1. The van der Waals surface area contributed by atoms with Gasteiger partial charge in [-0.3, -0.25) is 0 Å². The van der Waals surface area contributed by atoms with Crippen molar-refractivity contribution in [2.24, 2.45) is 5.11 Å². The Balaban J connectivity index is 1.97. The topological polar surface area (TPSA) is 58.0 Å². The predicted octanol–water partition coefficient (Wildman–Crippen LogP) is 4.27. The van der Waals surface area contributed by atoms with Gasteiger partial charge in [-0.2, -0.15) is 0 Å². The highest BCUT2D eigenvalue weighted by molar-refractivity contribution is 7.09. The Morgan fingerprint density at radius 3 is 2.69 bits per heavy atom. The fourth-order valence-electron chi connectivity index (χ4n) is 1.21. The van der Waals surface area contributed by atoms with Crippen LogP contribution in [0.25, 0.3) is 10.4 Å². The van der Waals surface area contributed by atoms with Gasteiger partial charge in [0.05, 0.1) is 0 Å². The summed E-state index contributed by atoms with van der Waals surface area (Å²) in [5.41, 5.74) is 8.83. The summed E-state index contributed by atoms with van der Waals surface area (Å²) in [6, 6.07) is 11.1. The van der Waals surface area contributed by atoms with Gasteiger partial charge in [-0.05, 0) is 41.2 Å². The van der Waals surface area contributed by atoms with Gasteiger partial charge in [-0.15, -0.1) is 11.3 Å². The number of nitrogens with zero attached hydrogens (tertiary/aromatic N) is 3. The Morgan fingerprint density at radius 2 is 2.06 bits per heavy atom. The molecule has 16 heavy (non-hydrogen) atoms. The number of ether oxygens (including phenoxy) is 1. The first kappa shape index (κ1) is 10.5. The zero-order valence-corrected chi connectivity index (χ0v) is 9.22. The van der Waals surface area contributed by atoms with Crippen molar-refractivity contribution in [2.75, 3.05) is 0 Å². The molecular weight excluding hydrogens is 222 g/mol. The lowest BCUT2D eigenvalue weighted by Crippen LogP contribution is -1.91. The lowest BCUT2D eigenvalue weighted by Gasteiger charge is -2.04. The molecule has 2 aromatic rings. The SMILES string of the molecule is [N-]=[N+]=Nc1ccc(OCc2cccs2)cc1. The van der Waals surface area contributed by atoms with E-state index in [-0.39, 0.29) is 0 Å². The van der Waals surface area contributed by atoms with Crippen molar-refractivity contribution < 1.29 is 4.74 Å². The Morgan fingerprint density at radius 1 is 1.25 bits per heavy atom. The summed E-state index contributed by atoms with van der Waals surface area (Å²) >= 11 is 1.66. The minimum atomic E-state index is 0.568. The third-order valence-electron chi connectivity index (χ3n) is 1.96. The maximum atomic E-state index is 8.25. The largest absolute Gasteiger partial charge is 0.488 e. The number of thiophene rings is 1. The average Bonchev–Trinajstić information content (AvgIpc) is 2.82. The van der Waals surface area contributed by atoms with Crippen molar-refractivity contribution in [2.45, 2.75) is 6.61 Å². The van der Waals surface area contributed by atoms with Gasteiger partial charge in [0.15, 0.2) is 0 Å². The van der Waals surface area contributed by atoms with Crippen LogP contribution in [0.3, 0.4) is 0 Å². The summed E-state index contributed by atoms with van der Waals surface area (Å²) in [6.07, 6.45) is 0. The molecule has 0 aliphatic heterocycles. The van der Waals surface area contributed by atoms with Gasteiger partial charge in [-0.25, -0.2) is 0 Å². The standard InChI is InChI=1S/C11H9N3OS/c12-14-13-9-3-5-10(6-4-9)15-8-11-2-1-7-16-11/h1-7H,8H2. The van der Waals surface area contributed by atoms with Crippen LogP contribution in [-0.4, -0.2) is 0 Å². The third-order valence-corrected chi connectivity index (χ3v) is 2.81. The highest BCUT2D eigenvalue weighted by Crippen LogP contribution is 2.20. The zero-order valence-electron chi connectivity index (χ0n) is 8.41. The smallest absolute Gasteiger partial charge is 0.122 e. The van der Waals surface area contributed by atoms with Crippen LogP contribution in [0.15, 0.2) is 46.9 Å². The number of benzene rings is 1. The van der Waals surface area contributed by atoms with Gasteiger partial charge >= 0.3 is 0 Å². The van der Waals surface area contributed by atoms with Gasteiger partial charge in [0.1, 0.15) is 12.4 Å². The van der Waals surface area contributed by atoms with E-state index in [4.69, 9.17) is 10.3 Å². The molecule has 0 unspecified atom stereocenters. The van der Waals surface area contributed by atoms with Crippen LogP contribution in [0.4, 0.5) is 5.69 Å². The van der Waals surface area contributed by atoms with E-state index in [1.165, 1.54) is 4.88 Å². The monoisotopic (exact) mass is 231 g/mol. The van der Waals surface area contributed by atoms with E-state index in [2.05, 4.69) is 10.0 Å². The van der Waals surface area contributed by atoms with Crippen molar-refractivity contribution in [3.05, 3.63) is 57.1 Å². The van der Waals surface area contributed by atoms with E-state index in [1.807, 2.05) is 17.5 Å². The van der Waals surface area contributed by atoms with Crippen molar-refractivity contribution >= 4 is 17.0 Å². The molecule has 0 bridgehead atoms. The second-order valence-corrected chi connectivity index (χ2v) is 4.08. The Labute approximate surface area is 96.7 Å². The molecule has 0 saturated heterocycles. The van der Waals surface area contributed by atoms with Crippen LogP contribution in [0.5, 0.6) is 5.75 Å². The summed E-state index contributed by atoms with van der Waals surface area (Å²) in [5, 5.41) is 5.50. The molecule has 0 radical (unpaired) electrons. The minimum absolute atomic E-state index is 0.568. The molecule has 2 rings (SSSR count). The summed E-state index contributed by atoms with van der Waals surface area (Å²) < 4.78 is 5.56. The van der Waals surface area contributed by atoms with Crippen molar-refractivity contribution in [1.29, 1.82) is 0 Å². The fourth-order valence-corrected chi connectivity index (χ4v) is 1.83. The average molecular weight is 231 g/mol. The summed E-state index contributed by atoms with van der Waals surface area (Å²) in [5.74, 6) is 0.769. The molecule has 4 nitrogen and oxygen atoms in total. The van der Waals surface area contributed by atoms with E-state index in [0.717, 1.165) is 5.75 Å². The van der Waals surface area contributed by atoms with Gasteiger partial charge in [0, 0.05) is 15.5 Å². The van der Waals surface area contributed by atoms with Crippen molar-refractivity contribution in [1.82, 2.24) is 0 Å². The molecule has 5 heteroatoms. The minimum Gasteiger partial charge on any atom is -0.488 e. The molecule has 1 aromatic heterocycles. The number of azide groups is 1. The quantitative estimate of drug-likeness (QED) is 0.440. The summed E-state index contributed by atoms with van der Waals surface area (Å²) in [7, 11) is 0. The Bertz CT molecular complexity index is 486. The van der Waals surface area contributed by atoms with Crippen LogP contribution in [0, 0.1) is 0 Å². The molecule has 0 aliphatic carbocycles. The molecule has 0 N–H and O–H groups in total. The van der Waals surface area contributed by atoms with Gasteiger partial charge in [0.25, 0.3) is 0 Å². The zero-order chi connectivity index (χ0) is 11.2. The highest BCUT2D eigenvalue weighted by Gasteiger charge is 1.96. The van der Waals surface area contributed by atoms with E-state index in [0.29, 0.717) is 12.3 Å². The first-order chi connectivity index (χ1) is 7.88. The number of hydrogen-bond acceptors (Lipinski definition) is 3. The fraction of sp³-hybridized carbons (Fsp3) is 0.0909. The van der Waals surface area contributed by atoms with Crippen LogP contribution in [0.2, 0.25) is 0 Å². The first-order valence-electron chi connectivity index (χ1n) is 4.69. The van der Waals surface area contributed by atoms with E-state index < -0.39 is 0 Å². The van der Waals surface area contributed by atoms with Crippen LogP contribution in [-0.2, 0) is 6.61 Å². The maximum absolute atomic E-state index is 8.25. The third kappa shape index (κ3) is 2.76. The molecule has 0 spiro atoms. The molecule has 0 atom stereocenters. The molecular formula is C11H9N3OS. The first-order valence-corrected chi connectivity index (χ1v) is 5.57. The van der Waals surface area contributed by atoms with Crippen LogP contribution < -0.4 is 4.74 Å². The summed E-state index contributed by atoms with van der Waals surface area (Å²) in [6.45, 7) is 0.568. The molecule has 1 aromatic carbocycles. The Kier molecular flexibility index (Phi) is 3.43. The molecule has 0 saturated carbocycles.